The predicted octanol–water partition coefficient (Wildman–Crippen LogP) is 2.43. The Labute approximate surface area is 71.2 Å². The van der Waals surface area contributed by atoms with Gasteiger partial charge in [-0.05, 0) is 19.8 Å². The normalized spacial score (nSPS) is 17.3. The molecule has 0 bridgehead atoms. The van der Waals surface area contributed by atoms with Gasteiger partial charge >= 0.3 is 0 Å². The van der Waals surface area contributed by atoms with Gasteiger partial charge in [0.05, 0.1) is 6.20 Å². The standard InChI is InChI=1S/C8H11ClN2/c1-2-11-7(9)5-10-8(11)6-3-4-6/h5-6H,2-4H2,1H3. The predicted molar refractivity (Wildman–Crippen MR) is 44.9 cm³/mol. The zero-order chi connectivity index (χ0) is 7.84. The number of aromatic nitrogens is 2. The first kappa shape index (κ1) is 7.17. The van der Waals surface area contributed by atoms with Crippen molar-refractivity contribution in [3.8, 4) is 0 Å². The van der Waals surface area contributed by atoms with Crippen molar-refractivity contribution in [2.75, 3.05) is 0 Å². The third-order valence-electron chi connectivity index (χ3n) is 2.10. The van der Waals surface area contributed by atoms with Crippen LogP contribution < -0.4 is 0 Å². The van der Waals surface area contributed by atoms with Gasteiger partial charge in [0.15, 0.2) is 0 Å². The van der Waals surface area contributed by atoms with E-state index in [0.29, 0.717) is 5.92 Å². The maximum absolute atomic E-state index is 5.92. The first-order valence-corrected chi connectivity index (χ1v) is 4.41. The molecular formula is C8H11ClN2. The minimum atomic E-state index is 0.697. The second kappa shape index (κ2) is 2.52. The van der Waals surface area contributed by atoms with Crippen molar-refractivity contribution in [2.24, 2.45) is 0 Å². The Kier molecular flexibility index (Phi) is 1.64. The van der Waals surface area contributed by atoms with Crippen LogP contribution in [0, 0.1) is 0 Å². The van der Waals surface area contributed by atoms with Crippen molar-refractivity contribution in [2.45, 2.75) is 32.2 Å². The monoisotopic (exact) mass is 170 g/mol. The lowest BCUT2D eigenvalue weighted by Crippen LogP contribution is -1.99. The van der Waals surface area contributed by atoms with Gasteiger partial charge in [-0.25, -0.2) is 4.98 Å². The summed E-state index contributed by atoms with van der Waals surface area (Å²) in [5.41, 5.74) is 0. The topological polar surface area (TPSA) is 17.8 Å². The molecule has 0 amide bonds. The molecule has 0 radical (unpaired) electrons. The number of halogens is 1. The largest absolute Gasteiger partial charge is 0.319 e. The molecular weight excluding hydrogens is 160 g/mol. The minimum Gasteiger partial charge on any atom is -0.319 e. The SMILES string of the molecule is CCn1c(Cl)cnc1C1CC1. The van der Waals surface area contributed by atoms with E-state index in [1.807, 2.05) is 0 Å². The first-order valence-electron chi connectivity index (χ1n) is 4.04. The van der Waals surface area contributed by atoms with E-state index >= 15 is 0 Å². The first-order chi connectivity index (χ1) is 5.33. The highest BCUT2D eigenvalue weighted by Gasteiger charge is 2.28. The van der Waals surface area contributed by atoms with Crippen molar-refractivity contribution in [1.29, 1.82) is 0 Å². The van der Waals surface area contributed by atoms with Crippen LogP contribution >= 0.6 is 11.6 Å². The fraction of sp³-hybridized carbons (Fsp3) is 0.625. The molecule has 2 nitrogen and oxygen atoms in total. The third kappa shape index (κ3) is 1.16. The Bertz CT molecular complexity index is 263. The molecule has 1 aliphatic carbocycles. The highest BCUT2D eigenvalue weighted by Crippen LogP contribution is 2.39. The van der Waals surface area contributed by atoms with Gasteiger partial charge < -0.3 is 4.57 Å². The van der Waals surface area contributed by atoms with Gasteiger partial charge in [-0.1, -0.05) is 11.6 Å². The van der Waals surface area contributed by atoms with Gasteiger partial charge in [0.1, 0.15) is 11.0 Å². The number of hydrogen-bond acceptors (Lipinski definition) is 1. The maximum atomic E-state index is 5.92. The Balaban J connectivity index is 2.36. The van der Waals surface area contributed by atoms with E-state index in [1.165, 1.54) is 18.7 Å². The maximum Gasteiger partial charge on any atom is 0.128 e. The fourth-order valence-corrected chi connectivity index (χ4v) is 1.60. The quantitative estimate of drug-likeness (QED) is 0.667. The molecule has 1 fully saturated rings. The second-order valence-electron chi connectivity index (χ2n) is 2.96. The number of hydrogen-bond donors (Lipinski definition) is 0. The summed E-state index contributed by atoms with van der Waals surface area (Å²) in [6.07, 6.45) is 4.32. The lowest BCUT2D eigenvalue weighted by atomic mass is 10.4. The fourth-order valence-electron chi connectivity index (χ4n) is 1.35. The molecule has 0 saturated heterocycles. The highest BCUT2D eigenvalue weighted by molar-refractivity contribution is 6.29. The van der Waals surface area contributed by atoms with Gasteiger partial charge in [-0.2, -0.15) is 0 Å². The van der Waals surface area contributed by atoms with Crippen LogP contribution in [0.3, 0.4) is 0 Å². The number of rotatable bonds is 2. The number of nitrogens with zero attached hydrogens (tertiary/aromatic N) is 2. The molecule has 1 saturated carbocycles. The van der Waals surface area contributed by atoms with Crippen LogP contribution in [0.15, 0.2) is 6.20 Å². The average molecular weight is 171 g/mol. The molecule has 1 aliphatic rings. The molecule has 1 aromatic rings. The second-order valence-corrected chi connectivity index (χ2v) is 3.34. The van der Waals surface area contributed by atoms with E-state index in [2.05, 4.69) is 16.5 Å². The lowest BCUT2D eigenvalue weighted by molar-refractivity contribution is 0.701. The molecule has 1 aromatic heterocycles. The van der Waals surface area contributed by atoms with Crippen LogP contribution in [0.2, 0.25) is 5.15 Å². The van der Waals surface area contributed by atoms with Crippen LogP contribution in [0.1, 0.15) is 31.5 Å². The summed E-state index contributed by atoms with van der Waals surface area (Å²) in [6, 6.07) is 0. The molecule has 2 rings (SSSR count). The molecule has 0 unspecified atom stereocenters. The minimum absolute atomic E-state index is 0.697. The smallest absolute Gasteiger partial charge is 0.128 e. The van der Waals surface area contributed by atoms with Gasteiger partial charge in [0, 0.05) is 12.5 Å². The Morgan fingerprint density at radius 1 is 1.73 bits per heavy atom. The summed E-state index contributed by atoms with van der Waals surface area (Å²) in [7, 11) is 0. The van der Waals surface area contributed by atoms with E-state index in [0.717, 1.165) is 11.7 Å². The van der Waals surface area contributed by atoms with Gasteiger partial charge in [0.2, 0.25) is 0 Å². The van der Waals surface area contributed by atoms with E-state index in [4.69, 9.17) is 11.6 Å². The van der Waals surface area contributed by atoms with E-state index in [9.17, 15) is 0 Å². The highest BCUT2D eigenvalue weighted by atomic mass is 35.5. The van der Waals surface area contributed by atoms with Crippen molar-refractivity contribution in [3.05, 3.63) is 17.2 Å². The van der Waals surface area contributed by atoms with Crippen LogP contribution in [0.25, 0.3) is 0 Å². The zero-order valence-electron chi connectivity index (χ0n) is 6.55. The summed E-state index contributed by atoms with van der Waals surface area (Å²) in [6.45, 7) is 3.03. The van der Waals surface area contributed by atoms with E-state index < -0.39 is 0 Å². The van der Waals surface area contributed by atoms with Crippen molar-refractivity contribution >= 4 is 11.6 Å². The molecule has 0 aliphatic heterocycles. The molecule has 0 aromatic carbocycles. The van der Waals surface area contributed by atoms with E-state index in [-0.39, 0.29) is 0 Å². The molecule has 1 heterocycles. The summed E-state index contributed by atoms with van der Waals surface area (Å²) in [5.74, 6) is 1.87. The average Bonchev–Trinajstić information content (AvgIpc) is 2.76. The van der Waals surface area contributed by atoms with Gasteiger partial charge in [0.25, 0.3) is 0 Å². The molecule has 3 heteroatoms. The molecule has 11 heavy (non-hydrogen) atoms. The van der Waals surface area contributed by atoms with Crippen LogP contribution in [-0.4, -0.2) is 9.55 Å². The van der Waals surface area contributed by atoms with Crippen molar-refractivity contribution in [1.82, 2.24) is 9.55 Å². The zero-order valence-corrected chi connectivity index (χ0v) is 7.30. The van der Waals surface area contributed by atoms with Crippen molar-refractivity contribution in [3.63, 3.8) is 0 Å². The number of imidazole rings is 1. The van der Waals surface area contributed by atoms with Crippen LogP contribution in [-0.2, 0) is 6.54 Å². The molecule has 0 atom stereocenters. The Hall–Kier alpha value is -0.500. The Morgan fingerprint density at radius 3 is 3.00 bits per heavy atom. The Morgan fingerprint density at radius 2 is 2.45 bits per heavy atom. The summed E-state index contributed by atoms with van der Waals surface area (Å²) < 4.78 is 2.08. The third-order valence-corrected chi connectivity index (χ3v) is 2.40. The van der Waals surface area contributed by atoms with Crippen LogP contribution in [0.5, 0.6) is 0 Å². The van der Waals surface area contributed by atoms with Crippen LogP contribution in [0.4, 0.5) is 0 Å². The lowest BCUT2D eigenvalue weighted by Gasteiger charge is -2.02. The van der Waals surface area contributed by atoms with Crippen molar-refractivity contribution < 1.29 is 0 Å². The summed E-state index contributed by atoms with van der Waals surface area (Å²) in [5, 5.41) is 0.773. The summed E-state index contributed by atoms with van der Waals surface area (Å²) in [4.78, 5) is 4.28. The molecule has 0 N–H and O–H groups in total. The van der Waals surface area contributed by atoms with Gasteiger partial charge in [-0.3, -0.25) is 0 Å². The van der Waals surface area contributed by atoms with E-state index in [1.54, 1.807) is 6.20 Å². The summed E-state index contributed by atoms with van der Waals surface area (Å²) >= 11 is 5.92. The molecule has 0 spiro atoms. The molecule has 60 valence electrons. The van der Waals surface area contributed by atoms with Gasteiger partial charge in [-0.15, -0.1) is 0 Å².